The van der Waals surface area contributed by atoms with Crippen molar-refractivity contribution in [3.05, 3.63) is 77.5 Å². The van der Waals surface area contributed by atoms with Crippen molar-refractivity contribution in [1.82, 2.24) is 54.0 Å². The minimum atomic E-state index is -1.13. The van der Waals surface area contributed by atoms with Gasteiger partial charge in [0.1, 0.15) is 33.7 Å². The lowest BCUT2D eigenvalue weighted by atomic mass is 9.90. The fourth-order valence-electron chi connectivity index (χ4n) is 7.24. The van der Waals surface area contributed by atoms with Crippen LogP contribution in [0, 0.1) is 25.7 Å². The highest BCUT2D eigenvalue weighted by molar-refractivity contribution is 6.29. The predicted molar refractivity (Wildman–Crippen MR) is 230 cm³/mol. The zero-order chi connectivity index (χ0) is 44.3. The summed E-state index contributed by atoms with van der Waals surface area (Å²) >= 11 is 5.64. The molecule has 2 saturated heterocycles. The number of aromatic nitrogens is 10. The molecule has 4 aliphatic rings. The summed E-state index contributed by atoms with van der Waals surface area (Å²) in [6, 6.07) is 0. The summed E-state index contributed by atoms with van der Waals surface area (Å²) in [6.07, 6.45) is 21.1. The monoisotopic (exact) mass is 886 g/mol. The molecule has 4 fully saturated rings. The molecule has 18 nitrogen and oxygen atoms in total. The average Bonchev–Trinajstić information content (AvgIpc) is 4.19. The van der Waals surface area contributed by atoms with Gasteiger partial charge in [0.15, 0.2) is 11.6 Å². The van der Waals surface area contributed by atoms with Crippen LogP contribution in [0.2, 0.25) is 5.15 Å². The number of fused-ring (bicyclic) bond motifs is 2. The minimum Gasteiger partial charge on any atom is -0.478 e. The standard InChI is InChI=1S/C21H24FN7O2.C13H11ClN6O2.C8H14FN/c1-13-9-28-10-16(27-20(31-2)18(28)25-13)26-19(30)15-7-24-17(8-23-15)29-11-21(22,12-29)6-5-14-3-4-14;1-7-5-20-6-10(19-13(22-2)11(20)17-7)18-12(21)8-3-16-9(14)4-15-8;9-8(5-10-6-8)4-3-7-1-2-7/h7-10,14H,3-6,11-12H2,1-2H3,(H,26,30);3-6H,1-2H3,(H,18,21);7,10H,1-6H2. The first-order valence-corrected chi connectivity index (χ1v) is 21.2. The molecular formula is C42H49ClF2N14O4. The van der Waals surface area contributed by atoms with E-state index in [9.17, 15) is 18.4 Å². The number of hydrogen-bond donors (Lipinski definition) is 3. The second kappa shape index (κ2) is 18.3. The fourth-order valence-corrected chi connectivity index (χ4v) is 7.34. The van der Waals surface area contributed by atoms with Crippen LogP contribution >= 0.6 is 11.6 Å². The number of hydrogen-bond acceptors (Lipinski definition) is 14. The van der Waals surface area contributed by atoms with Gasteiger partial charge in [-0.25, -0.2) is 38.7 Å². The van der Waals surface area contributed by atoms with Crippen LogP contribution in [0.1, 0.15) is 83.7 Å². The third-order valence-electron chi connectivity index (χ3n) is 11.2. The van der Waals surface area contributed by atoms with E-state index >= 15 is 0 Å². The molecule has 2 aliphatic carbocycles. The fraction of sp³-hybridized carbons (Fsp3) is 0.476. The number of aryl methyl sites for hydroxylation is 2. The summed E-state index contributed by atoms with van der Waals surface area (Å²) in [5, 5.41) is 8.52. The summed E-state index contributed by atoms with van der Waals surface area (Å²) in [7, 11) is 2.98. The maximum Gasteiger partial charge on any atom is 0.277 e. The van der Waals surface area contributed by atoms with Crippen molar-refractivity contribution in [3.8, 4) is 11.8 Å². The van der Waals surface area contributed by atoms with E-state index in [-0.39, 0.29) is 16.5 Å². The first-order chi connectivity index (χ1) is 30.3. The maximum atomic E-state index is 14.7. The molecule has 2 aliphatic heterocycles. The number of nitrogens with one attached hydrogen (secondary N) is 3. The Morgan fingerprint density at radius 2 is 1.21 bits per heavy atom. The van der Waals surface area contributed by atoms with Gasteiger partial charge in [0.25, 0.3) is 23.6 Å². The van der Waals surface area contributed by atoms with Gasteiger partial charge in [-0.1, -0.05) is 37.3 Å². The molecule has 2 amide bonds. The van der Waals surface area contributed by atoms with Crippen LogP contribution in [-0.2, 0) is 0 Å². The Kier molecular flexibility index (Phi) is 12.6. The summed E-state index contributed by atoms with van der Waals surface area (Å²) < 4.78 is 41.8. The Labute approximate surface area is 366 Å². The lowest BCUT2D eigenvalue weighted by molar-refractivity contribution is 0.0762. The highest BCUT2D eigenvalue weighted by Gasteiger charge is 2.45. The van der Waals surface area contributed by atoms with Crippen molar-refractivity contribution in [1.29, 1.82) is 0 Å². The normalized spacial score (nSPS) is 17.0. The molecule has 0 radical (unpaired) electrons. The van der Waals surface area contributed by atoms with E-state index in [2.05, 4.69) is 55.8 Å². The molecule has 63 heavy (non-hydrogen) atoms. The number of methoxy groups -OCH3 is 2. The molecule has 8 heterocycles. The van der Waals surface area contributed by atoms with E-state index in [1.165, 1.54) is 64.7 Å². The van der Waals surface area contributed by atoms with Crippen molar-refractivity contribution in [3.63, 3.8) is 0 Å². The molecule has 6 aromatic heterocycles. The van der Waals surface area contributed by atoms with Gasteiger partial charge in [-0.05, 0) is 51.4 Å². The van der Waals surface area contributed by atoms with Crippen LogP contribution in [0.15, 0.2) is 49.6 Å². The number of carbonyl (C=O) groups is 2. The number of nitrogens with zero attached hydrogens (tertiary/aromatic N) is 11. The number of ether oxygens (including phenoxy) is 2. The van der Waals surface area contributed by atoms with Crippen LogP contribution in [0.4, 0.5) is 26.2 Å². The summed E-state index contributed by atoms with van der Waals surface area (Å²) in [5.41, 5.74) is 1.09. The van der Waals surface area contributed by atoms with Crippen molar-refractivity contribution in [2.45, 2.75) is 76.6 Å². The zero-order valence-corrected chi connectivity index (χ0v) is 36.2. The van der Waals surface area contributed by atoms with E-state index in [1.807, 2.05) is 24.9 Å². The van der Waals surface area contributed by atoms with Gasteiger partial charge in [0.2, 0.25) is 11.3 Å². The summed E-state index contributed by atoms with van der Waals surface area (Å²) in [4.78, 5) is 59.9. The minimum absolute atomic E-state index is 0.132. The van der Waals surface area contributed by atoms with Crippen LogP contribution in [-0.4, -0.2) is 112 Å². The van der Waals surface area contributed by atoms with Crippen molar-refractivity contribution in [2.75, 3.05) is 55.9 Å². The van der Waals surface area contributed by atoms with Gasteiger partial charge in [0, 0.05) is 25.5 Å². The van der Waals surface area contributed by atoms with Crippen LogP contribution < -0.4 is 30.3 Å². The number of carbonyl (C=O) groups excluding carboxylic acids is 2. The predicted octanol–water partition coefficient (Wildman–Crippen LogP) is 6.04. The van der Waals surface area contributed by atoms with Crippen LogP contribution in [0.25, 0.3) is 11.3 Å². The summed E-state index contributed by atoms with van der Waals surface area (Å²) in [5.74, 6) is 2.52. The molecule has 10 rings (SSSR count). The molecule has 2 saturated carbocycles. The average molecular weight is 887 g/mol. The summed E-state index contributed by atoms with van der Waals surface area (Å²) in [6.45, 7) is 5.56. The first-order valence-electron chi connectivity index (χ1n) is 20.8. The van der Waals surface area contributed by atoms with Gasteiger partial charge < -0.3 is 30.3 Å². The number of imidazole rings is 2. The Bertz CT molecular complexity index is 2570. The highest BCUT2D eigenvalue weighted by atomic mass is 35.5. The van der Waals surface area contributed by atoms with Crippen LogP contribution in [0.3, 0.4) is 0 Å². The van der Waals surface area contributed by atoms with E-state index < -0.39 is 23.2 Å². The van der Waals surface area contributed by atoms with Crippen molar-refractivity contribution in [2.24, 2.45) is 11.8 Å². The molecule has 0 spiro atoms. The lowest BCUT2D eigenvalue weighted by Gasteiger charge is -2.45. The number of amides is 2. The molecule has 0 unspecified atom stereocenters. The molecule has 0 aromatic carbocycles. The number of anilines is 3. The van der Waals surface area contributed by atoms with Gasteiger partial charge >= 0.3 is 0 Å². The van der Waals surface area contributed by atoms with E-state index in [4.69, 9.17) is 21.1 Å². The first kappa shape index (κ1) is 43.5. The lowest BCUT2D eigenvalue weighted by Crippen LogP contribution is -2.59. The molecule has 21 heteroatoms. The number of halogens is 3. The SMILES string of the molecule is COc1nc(NC(=O)c2cnc(Cl)cn2)cn2cc(C)nc12.COc1nc(NC(=O)c2cnc(N3CC(F)(CCC4CC4)C3)cn2)cn2cc(C)nc12.FC1(CCC2CC2)CNC1. The van der Waals surface area contributed by atoms with Gasteiger partial charge in [-0.15, -0.1) is 0 Å². The Hall–Kier alpha value is -6.15. The Balaban J connectivity index is 0.000000147. The van der Waals surface area contributed by atoms with Gasteiger partial charge in [0.05, 0.1) is 75.9 Å². The second-order valence-electron chi connectivity index (χ2n) is 16.6. The third-order valence-corrected chi connectivity index (χ3v) is 11.4. The van der Waals surface area contributed by atoms with E-state index in [1.54, 1.807) is 27.4 Å². The van der Waals surface area contributed by atoms with Gasteiger partial charge in [-0.3, -0.25) is 18.4 Å². The molecular weight excluding hydrogens is 838 g/mol. The molecule has 0 bridgehead atoms. The smallest absolute Gasteiger partial charge is 0.277 e. The number of rotatable bonds is 13. The van der Waals surface area contributed by atoms with Gasteiger partial charge in [-0.2, -0.15) is 9.97 Å². The largest absolute Gasteiger partial charge is 0.478 e. The number of alkyl halides is 2. The van der Waals surface area contributed by atoms with E-state index in [0.717, 1.165) is 42.5 Å². The topological polar surface area (TPSA) is 204 Å². The molecule has 3 N–H and O–H groups in total. The Morgan fingerprint density at radius 1 is 0.714 bits per heavy atom. The molecule has 0 atom stereocenters. The van der Waals surface area contributed by atoms with Crippen molar-refractivity contribution < 1.29 is 27.8 Å². The Morgan fingerprint density at radius 3 is 1.62 bits per heavy atom. The quantitative estimate of drug-likeness (QED) is 0.121. The third kappa shape index (κ3) is 10.9. The van der Waals surface area contributed by atoms with Crippen LogP contribution in [0.5, 0.6) is 11.8 Å². The molecule has 332 valence electrons. The maximum absolute atomic E-state index is 14.7. The van der Waals surface area contributed by atoms with Crippen molar-refractivity contribution >= 4 is 52.2 Å². The zero-order valence-electron chi connectivity index (χ0n) is 35.4. The molecule has 6 aromatic rings. The second-order valence-corrected chi connectivity index (χ2v) is 17.0. The van der Waals surface area contributed by atoms with E-state index in [0.29, 0.717) is 73.1 Å². The highest BCUT2D eigenvalue weighted by Crippen LogP contribution is 2.40.